The largest absolute Gasteiger partial charge is 0.443 e. The van der Waals surface area contributed by atoms with Gasteiger partial charge in [0.1, 0.15) is 12.3 Å². The second-order valence-corrected chi connectivity index (χ2v) is 8.18. The number of piperidine rings is 1. The molecule has 1 aliphatic heterocycles. The summed E-state index contributed by atoms with van der Waals surface area (Å²) in [7, 11) is 0. The average molecular weight is 491 g/mol. The Morgan fingerprint density at radius 3 is 2.56 bits per heavy atom. The van der Waals surface area contributed by atoms with Crippen molar-refractivity contribution in [1.82, 2.24) is 20.5 Å². The molecule has 7 heteroatoms. The van der Waals surface area contributed by atoms with Gasteiger partial charge in [0, 0.05) is 31.1 Å². The predicted molar refractivity (Wildman–Crippen MR) is 123 cm³/mol. The number of likely N-dealkylation sites (tertiary alicyclic amines) is 1. The maximum absolute atomic E-state index is 5.84. The van der Waals surface area contributed by atoms with Gasteiger partial charge in [-0.3, -0.25) is 0 Å². The zero-order valence-electron chi connectivity index (χ0n) is 17.7. The molecule has 0 aromatic carbocycles. The number of hydrogen-bond donors (Lipinski definition) is 2. The van der Waals surface area contributed by atoms with E-state index in [1.807, 2.05) is 6.20 Å². The lowest BCUT2D eigenvalue weighted by Gasteiger charge is -2.33. The van der Waals surface area contributed by atoms with Gasteiger partial charge in [0.2, 0.25) is 5.89 Å². The highest BCUT2D eigenvalue weighted by Crippen LogP contribution is 2.22. The van der Waals surface area contributed by atoms with Crippen LogP contribution in [0.15, 0.2) is 15.6 Å². The van der Waals surface area contributed by atoms with Crippen LogP contribution < -0.4 is 10.6 Å². The minimum atomic E-state index is -0.0243. The Balaban J connectivity index is 0.00000364. The molecule has 2 rings (SSSR count). The molecule has 27 heavy (non-hydrogen) atoms. The maximum atomic E-state index is 5.84. The van der Waals surface area contributed by atoms with Crippen LogP contribution in [-0.2, 0) is 12.0 Å². The number of rotatable bonds is 7. The van der Waals surface area contributed by atoms with Crippen LogP contribution in [0.4, 0.5) is 0 Å². The number of oxazole rings is 1. The molecule has 2 heterocycles. The summed E-state index contributed by atoms with van der Waals surface area (Å²) in [6.45, 7) is 15.6. The van der Waals surface area contributed by atoms with Gasteiger partial charge in [-0.25, -0.2) is 9.98 Å². The van der Waals surface area contributed by atoms with Crippen molar-refractivity contribution in [1.29, 1.82) is 0 Å². The molecule has 0 unspecified atom stereocenters. The zero-order valence-corrected chi connectivity index (χ0v) is 20.0. The first kappa shape index (κ1) is 24.2. The van der Waals surface area contributed by atoms with Crippen LogP contribution in [0.5, 0.6) is 0 Å². The number of hydrogen-bond acceptors (Lipinski definition) is 4. The van der Waals surface area contributed by atoms with E-state index in [0.29, 0.717) is 18.5 Å². The molecule has 0 amide bonds. The van der Waals surface area contributed by atoms with E-state index in [2.05, 4.69) is 60.1 Å². The summed E-state index contributed by atoms with van der Waals surface area (Å²) in [5, 5.41) is 6.92. The molecule has 156 valence electrons. The molecule has 0 atom stereocenters. The molecule has 1 fully saturated rings. The van der Waals surface area contributed by atoms with Crippen LogP contribution in [-0.4, -0.2) is 48.1 Å². The van der Waals surface area contributed by atoms with E-state index in [-0.39, 0.29) is 29.4 Å². The fourth-order valence-corrected chi connectivity index (χ4v) is 3.07. The Bertz CT molecular complexity index is 559. The molecule has 1 aromatic heterocycles. The van der Waals surface area contributed by atoms with Gasteiger partial charge in [-0.2, -0.15) is 0 Å². The van der Waals surface area contributed by atoms with Gasteiger partial charge in [0.15, 0.2) is 5.96 Å². The van der Waals surface area contributed by atoms with Crippen LogP contribution in [0.2, 0.25) is 0 Å². The highest BCUT2D eigenvalue weighted by atomic mass is 127. The standard InChI is InChI=1S/C20H37N5O.HI/c1-6-8-11-25-12-9-16(10-13-25)24-19(21-7-2)23-15-18-22-14-17(26-18)20(3,4)5;/h14,16H,6-13,15H2,1-5H3,(H2,21,23,24);1H. The lowest BCUT2D eigenvalue weighted by molar-refractivity contribution is 0.203. The number of halogens is 1. The molecule has 0 bridgehead atoms. The van der Waals surface area contributed by atoms with Crippen molar-refractivity contribution in [2.75, 3.05) is 26.2 Å². The van der Waals surface area contributed by atoms with Gasteiger partial charge in [-0.15, -0.1) is 24.0 Å². The summed E-state index contributed by atoms with van der Waals surface area (Å²) in [5.74, 6) is 2.43. The average Bonchev–Trinajstić information content (AvgIpc) is 3.09. The molecule has 2 N–H and O–H groups in total. The van der Waals surface area contributed by atoms with Crippen molar-refractivity contribution < 1.29 is 4.42 Å². The summed E-state index contributed by atoms with van der Waals surface area (Å²) in [5.41, 5.74) is -0.0243. The van der Waals surface area contributed by atoms with E-state index in [1.165, 1.54) is 45.3 Å². The van der Waals surface area contributed by atoms with Gasteiger partial charge in [0.25, 0.3) is 0 Å². The Labute approximate surface area is 182 Å². The summed E-state index contributed by atoms with van der Waals surface area (Å²) < 4.78 is 5.84. The molecular weight excluding hydrogens is 453 g/mol. The second kappa shape index (κ2) is 11.9. The van der Waals surface area contributed by atoms with Crippen molar-refractivity contribution in [2.24, 2.45) is 4.99 Å². The van der Waals surface area contributed by atoms with Crippen LogP contribution in [0.3, 0.4) is 0 Å². The first-order valence-corrected chi connectivity index (χ1v) is 10.1. The van der Waals surface area contributed by atoms with Crippen LogP contribution in [0.25, 0.3) is 0 Å². The van der Waals surface area contributed by atoms with Crippen molar-refractivity contribution in [2.45, 2.75) is 78.3 Å². The molecule has 0 aliphatic carbocycles. The lowest BCUT2D eigenvalue weighted by Crippen LogP contribution is -2.48. The third-order valence-electron chi connectivity index (χ3n) is 4.77. The fraction of sp³-hybridized carbons (Fsp3) is 0.800. The normalized spacial score (nSPS) is 16.9. The van der Waals surface area contributed by atoms with E-state index in [1.54, 1.807) is 0 Å². The molecule has 0 spiro atoms. The Morgan fingerprint density at radius 1 is 1.30 bits per heavy atom. The van der Waals surface area contributed by atoms with E-state index < -0.39 is 0 Å². The van der Waals surface area contributed by atoms with Crippen LogP contribution in [0.1, 0.15) is 72.0 Å². The predicted octanol–water partition coefficient (Wildman–Crippen LogP) is 3.91. The highest BCUT2D eigenvalue weighted by molar-refractivity contribution is 14.0. The van der Waals surface area contributed by atoms with Gasteiger partial charge in [0.05, 0.1) is 6.20 Å². The maximum Gasteiger partial charge on any atom is 0.216 e. The van der Waals surface area contributed by atoms with Crippen molar-refractivity contribution in [3.05, 3.63) is 17.8 Å². The Hall–Kier alpha value is -0.830. The van der Waals surface area contributed by atoms with E-state index in [4.69, 9.17) is 4.42 Å². The fourth-order valence-electron chi connectivity index (χ4n) is 3.07. The number of aliphatic imine (C=N–C) groups is 1. The molecule has 1 saturated heterocycles. The van der Waals surface area contributed by atoms with E-state index >= 15 is 0 Å². The molecular formula is C20H38IN5O. The third kappa shape index (κ3) is 8.37. The third-order valence-corrected chi connectivity index (χ3v) is 4.77. The first-order chi connectivity index (χ1) is 12.4. The number of aromatic nitrogens is 1. The van der Waals surface area contributed by atoms with Gasteiger partial charge in [-0.1, -0.05) is 34.1 Å². The molecule has 6 nitrogen and oxygen atoms in total. The molecule has 0 saturated carbocycles. The van der Waals surface area contributed by atoms with Gasteiger partial charge >= 0.3 is 0 Å². The number of guanidine groups is 1. The summed E-state index contributed by atoms with van der Waals surface area (Å²) in [4.78, 5) is 11.6. The van der Waals surface area contributed by atoms with Gasteiger partial charge < -0.3 is 20.0 Å². The van der Waals surface area contributed by atoms with E-state index in [9.17, 15) is 0 Å². The minimum Gasteiger partial charge on any atom is -0.443 e. The Kier molecular flexibility index (Phi) is 10.7. The smallest absolute Gasteiger partial charge is 0.216 e. The number of nitrogens with zero attached hydrogens (tertiary/aromatic N) is 3. The SMILES string of the molecule is CCCCN1CCC(NC(=NCc2ncc(C(C)(C)C)o2)NCC)CC1.I. The minimum absolute atomic E-state index is 0. The van der Waals surface area contributed by atoms with E-state index in [0.717, 1.165) is 18.3 Å². The molecule has 0 radical (unpaired) electrons. The molecule has 1 aliphatic rings. The summed E-state index contributed by atoms with van der Waals surface area (Å²) in [6, 6.07) is 0.486. The monoisotopic (exact) mass is 491 g/mol. The zero-order chi connectivity index (χ0) is 19.0. The highest BCUT2D eigenvalue weighted by Gasteiger charge is 2.20. The van der Waals surface area contributed by atoms with Crippen LogP contribution >= 0.6 is 24.0 Å². The van der Waals surface area contributed by atoms with Crippen molar-refractivity contribution in [3.63, 3.8) is 0 Å². The molecule has 1 aromatic rings. The summed E-state index contributed by atoms with van der Waals surface area (Å²) >= 11 is 0. The van der Waals surface area contributed by atoms with Gasteiger partial charge in [-0.05, 0) is 32.7 Å². The van der Waals surface area contributed by atoms with Crippen molar-refractivity contribution >= 4 is 29.9 Å². The quantitative estimate of drug-likeness (QED) is 0.344. The Morgan fingerprint density at radius 2 is 2.00 bits per heavy atom. The summed E-state index contributed by atoms with van der Waals surface area (Å²) in [6.07, 6.45) is 6.72. The topological polar surface area (TPSA) is 65.7 Å². The lowest BCUT2D eigenvalue weighted by atomic mass is 9.94. The van der Waals surface area contributed by atoms with Crippen LogP contribution in [0, 0.1) is 0 Å². The number of unbranched alkanes of at least 4 members (excludes halogenated alkanes) is 1. The number of nitrogens with one attached hydrogen (secondary N) is 2. The van der Waals surface area contributed by atoms with Crippen molar-refractivity contribution in [3.8, 4) is 0 Å². The first-order valence-electron chi connectivity index (χ1n) is 10.1. The second-order valence-electron chi connectivity index (χ2n) is 8.18.